The molecule has 1 aliphatic heterocycles. The van der Waals surface area contributed by atoms with Crippen molar-refractivity contribution >= 4 is 0 Å². The molecule has 0 saturated carbocycles. The molecule has 0 bridgehead atoms. The molecule has 0 amide bonds. The van der Waals surface area contributed by atoms with Gasteiger partial charge in [0, 0.05) is 37.8 Å². The summed E-state index contributed by atoms with van der Waals surface area (Å²) >= 11 is 0. The highest BCUT2D eigenvalue weighted by Gasteiger charge is 2.28. The van der Waals surface area contributed by atoms with Crippen LogP contribution in [0.4, 0.5) is 4.39 Å². The van der Waals surface area contributed by atoms with Crippen LogP contribution >= 0.6 is 0 Å². The lowest BCUT2D eigenvalue weighted by molar-refractivity contribution is 0.0669. The van der Waals surface area contributed by atoms with E-state index < -0.39 is 0 Å². The summed E-state index contributed by atoms with van der Waals surface area (Å²) in [7, 11) is 0. The minimum absolute atomic E-state index is 0.0827. The number of halogens is 1. The van der Waals surface area contributed by atoms with Gasteiger partial charge in [0.25, 0.3) is 0 Å². The van der Waals surface area contributed by atoms with Gasteiger partial charge in [0.15, 0.2) is 5.82 Å². The first-order chi connectivity index (χ1) is 11.1. The summed E-state index contributed by atoms with van der Waals surface area (Å²) in [5, 5.41) is 3.86. The lowest BCUT2D eigenvalue weighted by Crippen LogP contribution is -2.47. The smallest absolute Gasteiger partial charge is 0.243 e. The van der Waals surface area contributed by atoms with Gasteiger partial charge in [-0.2, -0.15) is 4.98 Å². The number of nitrogens with zero attached hydrogens (tertiary/aromatic N) is 4. The van der Waals surface area contributed by atoms with Crippen molar-refractivity contribution in [2.24, 2.45) is 0 Å². The third-order valence-electron chi connectivity index (χ3n) is 4.70. The van der Waals surface area contributed by atoms with E-state index in [0.29, 0.717) is 11.7 Å². The van der Waals surface area contributed by atoms with Crippen LogP contribution in [-0.4, -0.2) is 46.1 Å². The first-order valence-electron chi connectivity index (χ1n) is 8.09. The number of hydrogen-bond donors (Lipinski definition) is 0. The number of aromatic nitrogens is 2. The third-order valence-corrected chi connectivity index (χ3v) is 4.70. The zero-order chi connectivity index (χ0) is 16.4. The van der Waals surface area contributed by atoms with E-state index in [-0.39, 0.29) is 17.9 Å². The standard InChI is InChI=1S/C17H23FN4O/c1-12(15-6-4-5-7-16(15)18)21-8-10-22(11-9-21)13(2)17-19-14(3)20-23-17/h4-7,12-13H,8-11H2,1-3H3/t12-,13+/m1/s1. The van der Waals surface area contributed by atoms with Crippen LogP contribution in [0.3, 0.4) is 0 Å². The van der Waals surface area contributed by atoms with Crippen molar-refractivity contribution in [2.75, 3.05) is 26.2 Å². The Morgan fingerprint density at radius 3 is 2.22 bits per heavy atom. The van der Waals surface area contributed by atoms with E-state index in [1.165, 1.54) is 6.07 Å². The molecule has 0 N–H and O–H groups in total. The van der Waals surface area contributed by atoms with Gasteiger partial charge >= 0.3 is 0 Å². The molecule has 5 nitrogen and oxygen atoms in total. The van der Waals surface area contributed by atoms with Gasteiger partial charge in [0.2, 0.25) is 5.89 Å². The summed E-state index contributed by atoms with van der Waals surface area (Å²) < 4.78 is 19.2. The average Bonchev–Trinajstić information content (AvgIpc) is 3.01. The van der Waals surface area contributed by atoms with Crippen molar-refractivity contribution in [2.45, 2.75) is 32.9 Å². The zero-order valence-corrected chi connectivity index (χ0v) is 13.9. The molecule has 0 spiro atoms. The van der Waals surface area contributed by atoms with E-state index in [0.717, 1.165) is 31.7 Å². The Bertz CT molecular complexity index is 652. The topological polar surface area (TPSA) is 45.4 Å². The molecular weight excluding hydrogens is 295 g/mol. The van der Waals surface area contributed by atoms with Gasteiger partial charge in [0.1, 0.15) is 5.82 Å². The second kappa shape index (κ2) is 6.76. The van der Waals surface area contributed by atoms with E-state index >= 15 is 0 Å². The van der Waals surface area contributed by atoms with Crippen LogP contribution in [0, 0.1) is 12.7 Å². The van der Waals surface area contributed by atoms with Gasteiger partial charge in [-0.05, 0) is 26.8 Å². The summed E-state index contributed by atoms with van der Waals surface area (Å²) in [5.74, 6) is 1.20. The second-order valence-corrected chi connectivity index (χ2v) is 6.13. The van der Waals surface area contributed by atoms with E-state index in [1.807, 2.05) is 19.1 Å². The Morgan fingerprint density at radius 2 is 1.65 bits per heavy atom. The average molecular weight is 318 g/mol. The maximum Gasteiger partial charge on any atom is 0.243 e. The molecule has 1 fully saturated rings. The second-order valence-electron chi connectivity index (χ2n) is 6.13. The van der Waals surface area contributed by atoms with Crippen molar-refractivity contribution in [1.82, 2.24) is 19.9 Å². The molecule has 0 aliphatic carbocycles. The van der Waals surface area contributed by atoms with Gasteiger partial charge in [-0.1, -0.05) is 23.4 Å². The number of benzene rings is 1. The molecule has 2 aromatic rings. The van der Waals surface area contributed by atoms with Crippen molar-refractivity contribution in [3.63, 3.8) is 0 Å². The number of aryl methyl sites for hydroxylation is 1. The monoisotopic (exact) mass is 318 g/mol. The van der Waals surface area contributed by atoms with E-state index in [2.05, 4.69) is 33.8 Å². The highest BCUT2D eigenvalue weighted by atomic mass is 19.1. The maximum absolute atomic E-state index is 14.0. The number of rotatable bonds is 4. The fraction of sp³-hybridized carbons (Fsp3) is 0.529. The van der Waals surface area contributed by atoms with Gasteiger partial charge in [-0.3, -0.25) is 9.80 Å². The Labute approximate surface area is 136 Å². The molecular formula is C17H23FN4O. The van der Waals surface area contributed by atoms with E-state index in [4.69, 9.17) is 4.52 Å². The SMILES string of the molecule is Cc1noc([C@H](C)N2CCN([C@H](C)c3ccccc3F)CC2)n1. The molecule has 1 aliphatic rings. The van der Waals surface area contributed by atoms with Crippen LogP contribution in [0.2, 0.25) is 0 Å². The van der Waals surface area contributed by atoms with Crippen LogP contribution in [0.5, 0.6) is 0 Å². The lowest BCUT2D eigenvalue weighted by Gasteiger charge is -2.39. The van der Waals surface area contributed by atoms with Gasteiger partial charge in [-0.15, -0.1) is 0 Å². The van der Waals surface area contributed by atoms with Gasteiger partial charge in [-0.25, -0.2) is 4.39 Å². The van der Waals surface area contributed by atoms with Crippen molar-refractivity contribution in [1.29, 1.82) is 0 Å². The minimum atomic E-state index is -0.128. The summed E-state index contributed by atoms with van der Waals surface area (Å²) in [6, 6.07) is 7.22. The first-order valence-corrected chi connectivity index (χ1v) is 8.09. The molecule has 3 rings (SSSR count). The predicted octanol–water partition coefficient (Wildman–Crippen LogP) is 2.96. The maximum atomic E-state index is 14.0. The normalized spacial score (nSPS) is 19.7. The minimum Gasteiger partial charge on any atom is -0.338 e. The molecule has 2 heterocycles. The summed E-state index contributed by atoms with van der Waals surface area (Å²) in [5.41, 5.74) is 0.765. The van der Waals surface area contributed by atoms with Gasteiger partial charge in [0.05, 0.1) is 6.04 Å². The fourth-order valence-electron chi connectivity index (χ4n) is 3.16. The molecule has 1 saturated heterocycles. The summed E-state index contributed by atoms with van der Waals surface area (Å²) in [4.78, 5) is 8.97. The molecule has 124 valence electrons. The van der Waals surface area contributed by atoms with Crippen LogP contribution in [-0.2, 0) is 0 Å². The van der Waals surface area contributed by atoms with E-state index in [1.54, 1.807) is 6.07 Å². The summed E-state index contributed by atoms with van der Waals surface area (Å²) in [6.45, 7) is 9.58. The molecule has 6 heteroatoms. The summed E-state index contributed by atoms with van der Waals surface area (Å²) in [6.07, 6.45) is 0. The van der Waals surface area contributed by atoms with Crippen LogP contribution in [0.15, 0.2) is 28.8 Å². The van der Waals surface area contributed by atoms with Crippen molar-refractivity contribution < 1.29 is 8.91 Å². The van der Waals surface area contributed by atoms with Crippen LogP contribution in [0.25, 0.3) is 0 Å². The Morgan fingerprint density at radius 1 is 1.04 bits per heavy atom. The van der Waals surface area contributed by atoms with Crippen LogP contribution < -0.4 is 0 Å². The quantitative estimate of drug-likeness (QED) is 0.867. The largest absolute Gasteiger partial charge is 0.338 e. The highest BCUT2D eigenvalue weighted by Crippen LogP contribution is 2.26. The lowest BCUT2D eigenvalue weighted by atomic mass is 10.1. The molecule has 1 aromatic heterocycles. The van der Waals surface area contributed by atoms with Crippen molar-refractivity contribution in [3.8, 4) is 0 Å². The molecule has 0 unspecified atom stereocenters. The molecule has 23 heavy (non-hydrogen) atoms. The van der Waals surface area contributed by atoms with Crippen molar-refractivity contribution in [3.05, 3.63) is 47.4 Å². The fourth-order valence-corrected chi connectivity index (χ4v) is 3.16. The Hall–Kier alpha value is -1.79. The number of hydrogen-bond acceptors (Lipinski definition) is 5. The third kappa shape index (κ3) is 3.43. The van der Waals surface area contributed by atoms with E-state index in [9.17, 15) is 4.39 Å². The van der Waals surface area contributed by atoms with Gasteiger partial charge < -0.3 is 4.52 Å². The first kappa shape index (κ1) is 16.1. The molecule has 2 atom stereocenters. The molecule has 0 radical (unpaired) electrons. The molecule has 1 aromatic carbocycles. The number of piperazine rings is 1. The Balaban J connectivity index is 1.61. The van der Waals surface area contributed by atoms with Crippen LogP contribution in [0.1, 0.15) is 43.2 Å². The Kier molecular flexibility index (Phi) is 4.73. The zero-order valence-electron chi connectivity index (χ0n) is 13.9. The highest BCUT2D eigenvalue weighted by molar-refractivity contribution is 5.20. The predicted molar refractivity (Wildman–Crippen MR) is 85.4 cm³/mol.